The number of hydrogen-bond acceptors (Lipinski definition) is 5. The third kappa shape index (κ3) is 4.76. The summed E-state index contributed by atoms with van der Waals surface area (Å²) in [6.07, 6.45) is 0. The Kier molecular flexibility index (Phi) is 6.79. The molecule has 0 bridgehead atoms. The molecule has 5 heteroatoms. The Hall–Kier alpha value is -7.37. The van der Waals surface area contributed by atoms with Gasteiger partial charge in [-0.25, -0.2) is 15.0 Å². The standard InChI is InChI=1S/C49H29N3O2/c1-2-14-30(15-3-1)33-29-28-31-16-4-5-17-32(31)44(33)36-20-6-7-21-39(36)47-50-48(40-24-12-22-37-34-18-8-10-26-42(34)53-45(37)40)52-49(51-47)41-25-13-23-38-35-19-9-11-27-43(35)54-46(38)41/h1-29H. The molecule has 11 rings (SSSR count). The van der Waals surface area contributed by atoms with Crippen molar-refractivity contribution in [1.82, 2.24) is 15.0 Å². The molecular weight excluding hydrogens is 663 g/mol. The van der Waals surface area contributed by atoms with Crippen LogP contribution in [0.2, 0.25) is 0 Å². The number of fused-ring (bicyclic) bond motifs is 7. The molecule has 0 unspecified atom stereocenters. The molecule has 0 atom stereocenters. The maximum atomic E-state index is 6.53. The molecule has 0 saturated carbocycles. The number of furan rings is 2. The highest BCUT2D eigenvalue weighted by Gasteiger charge is 2.23. The number of nitrogens with zero attached hydrogens (tertiary/aromatic N) is 3. The Morgan fingerprint density at radius 1 is 0.296 bits per heavy atom. The van der Waals surface area contributed by atoms with Crippen molar-refractivity contribution in [2.24, 2.45) is 0 Å². The summed E-state index contributed by atoms with van der Waals surface area (Å²) < 4.78 is 13.1. The quantitative estimate of drug-likeness (QED) is 0.180. The van der Waals surface area contributed by atoms with Gasteiger partial charge >= 0.3 is 0 Å². The van der Waals surface area contributed by atoms with Gasteiger partial charge in [0, 0.05) is 27.1 Å². The van der Waals surface area contributed by atoms with Crippen LogP contribution in [0.25, 0.3) is 111 Å². The summed E-state index contributed by atoms with van der Waals surface area (Å²) in [5, 5.41) is 6.42. The van der Waals surface area contributed by atoms with Crippen LogP contribution in [0.3, 0.4) is 0 Å². The first-order valence-electron chi connectivity index (χ1n) is 18.0. The minimum Gasteiger partial charge on any atom is -0.455 e. The normalized spacial score (nSPS) is 11.7. The van der Waals surface area contributed by atoms with E-state index in [0.29, 0.717) is 17.5 Å². The summed E-state index contributed by atoms with van der Waals surface area (Å²) in [6, 6.07) is 60.5. The lowest BCUT2D eigenvalue weighted by Gasteiger charge is -2.17. The average Bonchev–Trinajstić information content (AvgIpc) is 3.82. The molecule has 8 aromatic carbocycles. The van der Waals surface area contributed by atoms with E-state index in [1.807, 2.05) is 60.7 Å². The van der Waals surface area contributed by atoms with Crippen molar-refractivity contribution in [3.05, 3.63) is 176 Å². The highest BCUT2D eigenvalue weighted by Crippen LogP contribution is 2.43. The Morgan fingerprint density at radius 3 is 1.39 bits per heavy atom. The first-order chi connectivity index (χ1) is 26.8. The van der Waals surface area contributed by atoms with Crippen molar-refractivity contribution in [1.29, 1.82) is 0 Å². The van der Waals surface area contributed by atoms with Gasteiger partial charge < -0.3 is 8.83 Å². The van der Waals surface area contributed by atoms with Gasteiger partial charge in [0.15, 0.2) is 17.5 Å². The van der Waals surface area contributed by atoms with Crippen molar-refractivity contribution < 1.29 is 8.83 Å². The molecule has 252 valence electrons. The van der Waals surface area contributed by atoms with Crippen molar-refractivity contribution in [2.75, 3.05) is 0 Å². The Bertz CT molecular complexity index is 3100. The number of hydrogen-bond donors (Lipinski definition) is 0. The van der Waals surface area contributed by atoms with Gasteiger partial charge in [0.05, 0.1) is 11.1 Å². The van der Waals surface area contributed by atoms with Crippen molar-refractivity contribution in [3.8, 4) is 56.4 Å². The van der Waals surface area contributed by atoms with Crippen LogP contribution in [-0.4, -0.2) is 15.0 Å². The van der Waals surface area contributed by atoms with Gasteiger partial charge in [0.1, 0.15) is 22.3 Å². The molecule has 54 heavy (non-hydrogen) atoms. The molecule has 0 N–H and O–H groups in total. The Balaban J connectivity index is 1.22. The van der Waals surface area contributed by atoms with E-state index in [0.717, 1.165) is 93.6 Å². The fourth-order valence-corrected chi connectivity index (χ4v) is 7.90. The summed E-state index contributed by atoms with van der Waals surface area (Å²) in [4.78, 5) is 15.8. The van der Waals surface area contributed by atoms with Gasteiger partial charge in [0.2, 0.25) is 0 Å². The SMILES string of the molecule is c1ccc(-c2ccc3ccccc3c2-c2ccccc2-c2nc(-c3cccc4c3oc3ccccc34)nc(-c3cccc4c3oc3ccccc34)n2)cc1. The number of aromatic nitrogens is 3. The Morgan fingerprint density at radius 2 is 0.759 bits per heavy atom. The summed E-state index contributed by atoms with van der Waals surface area (Å²) in [5.74, 6) is 1.59. The Labute approximate surface area is 309 Å². The van der Waals surface area contributed by atoms with E-state index in [1.54, 1.807) is 0 Å². The van der Waals surface area contributed by atoms with E-state index in [2.05, 4.69) is 115 Å². The van der Waals surface area contributed by atoms with Crippen molar-refractivity contribution in [2.45, 2.75) is 0 Å². The third-order valence-electron chi connectivity index (χ3n) is 10.4. The first-order valence-corrected chi connectivity index (χ1v) is 18.0. The predicted octanol–water partition coefficient (Wildman–Crippen LogP) is 13.2. The van der Waals surface area contributed by atoms with Crippen LogP contribution < -0.4 is 0 Å². The molecule has 11 aromatic rings. The molecule has 0 amide bonds. The van der Waals surface area contributed by atoms with Gasteiger partial charge in [0.25, 0.3) is 0 Å². The van der Waals surface area contributed by atoms with E-state index < -0.39 is 0 Å². The van der Waals surface area contributed by atoms with Crippen LogP contribution in [0, 0.1) is 0 Å². The van der Waals surface area contributed by atoms with Crippen molar-refractivity contribution >= 4 is 54.6 Å². The topological polar surface area (TPSA) is 65.0 Å². The second-order valence-corrected chi connectivity index (χ2v) is 13.5. The van der Waals surface area contributed by atoms with Gasteiger partial charge in [-0.15, -0.1) is 0 Å². The summed E-state index contributed by atoms with van der Waals surface area (Å²) >= 11 is 0. The zero-order valence-electron chi connectivity index (χ0n) is 28.9. The van der Waals surface area contributed by atoms with Crippen LogP contribution in [-0.2, 0) is 0 Å². The van der Waals surface area contributed by atoms with Crippen LogP contribution in [0.15, 0.2) is 185 Å². The fourth-order valence-electron chi connectivity index (χ4n) is 7.90. The van der Waals surface area contributed by atoms with E-state index in [9.17, 15) is 0 Å². The molecule has 0 radical (unpaired) electrons. The number of para-hydroxylation sites is 4. The minimum absolute atomic E-state index is 0.517. The van der Waals surface area contributed by atoms with Crippen LogP contribution in [0.5, 0.6) is 0 Å². The monoisotopic (exact) mass is 691 g/mol. The summed E-state index contributed by atoms with van der Waals surface area (Å²) in [6.45, 7) is 0. The molecule has 0 aliphatic heterocycles. The zero-order chi connectivity index (χ0) is 35.6. The highest BCUT2D eigenvalue weighted by molar-refractivity contribution is 6.11. The first kappa shape index (κ1) is 30.3. The van der Waals surface area contributed by atoms with E-state index in [4.69, 9.17) is 23.8 Å². The molecular formula is C49H29N3O2. The molecule has 0 fully saturated rings. The van der Waals surface area contributed by atoms with Gasteiger partial charge in [-0.05, 0) is 57.3 Å². The lowest BCUT2D eigenvalue weighted by molar-refractivity contribution is 0.669. The average molecular weight is 692 g/mol. The number of benzene rings is 8. The van der Waals surface area contributed by atoms with E-state index >= 15 is 0 Å². The third-order valence-corrected chi connectivity index (χ3v) is 10.4. The summed E-state index contributed by atoms with van der Waals surface area (Å²) in [7, 11) is 0. The van der Waals surface area contributed by atoms with Gasteiger partial charge in [-0.2, -0.15) is 0 Å². The molecule has 0 spiro atoms. The van der Waals surface area contributed by atoms with E-state index in [-0.39, 0.29) is 0 Å². The second-order valence-electron chi connectivity index (χ2n) is 13.5. The molecule has 0 aliphatic rings. The number of rotatable bonds is 5. The maximum absolute atomic E-state index is 6.53. The smallest absolute Gasteiger partial charge is 0.167 e. The van der Waals surface area contributed by atoms with Crippen LogP contribution in [0.1, 0.15) is 0 Å². The fraction of sp³-hybridized carbons (Fsp3) is 0. The van der Waals surface area contributed by atoms with Crippen LogP contribution in [0.4, 0.5) is 0 Å². The predicted molar refractivity (Wildman–Crippen MR) is 219 cm³/mol. The maximum Gasteiger partial charge on any atom is 0.167 e. The molecule has 3 aromatic heterocycles. The second kappa shape index (κ2) is 12.1. The highest BCUT2D eigenvalue weighted by atomic mass is 16.3. The molecule has 3 heterocycles. The minimum atomic E-state index is 0.517. The summed E-state index contributed by atoms with van der Waals surface area (Å²) in [5.41, 5.74) is 9.99. The van der Waals surface area contributed by atoms with Gasteiger partial charge in [-0.3, -0.25) is 0 Å². The molecule has 5 nitrogen and oxygen atoms in total. The largest absolute Gasteiger partial charge is 0.455 e. The molecule has 0 aliphatic carbocycles. The van der Waals surface area contributed by atoms with Crippen molar-refractivity contribution in [3.63, 3.8) is 0 Å². The molecule has 0 saturated heterocycles. The van der Waals surface area contributed by atoms with E-state index in [1.165, 1.54) is 0 Å². The zero-order valence-corrected chi connectivity index (χ0v) is 28.9. The lowest BCUT2D eigenvalue weighted by Crippen LogP contribution is -2.02. The lowest BCUT2D eigenvalue weighted by atomic mass is 9.87. The van der Waals surface area contributed by atoms with Gasteiger partial charge in [-0.1, -0.05) is 152 Å². The van der Waals surface area contributed by atoms with Crippen LogP contribution >= 0.6 is 0 Å².